The molecule has 3 aromatic carbocycles. The van der Waals surface area contributed by atoms with Gasteiger partial charge in [0.2, 0.25) is 0 Å². The van der Waals surface area contributed by atoms with Crippen molar-refractivity contribution in [3.05, 3.63) is 65.2 Å². The van der Waals surface area contributed by atoms with Crippen LogP contribution in [-0.2, 0) is 6.42 Å². The van der Waals surface area contributed by atoms with Crippen molar-refractivity contribution in [3.8, 4) is 0 Å². The average Bonchev–Trinajstić information content (AvgIpc) is 2.52. The summed E-state index contributed by atoms with van der Waals surface area (Å²) in [5.41, 5.74) is 2.70. The number of hydrogen-bond acceptors (Lipinski definition) is 1. The lowest BCUT2D eigenvalue weighted by Gasteiger charge is -2.16. The highest BCUT2D eigenvalue weighted by molar-refractivity contribution is 6.10. The molecule has 1 aliphatic carbocycles. The third kappa shape index (κ3) is 1.83. The summed E-state index contributed by atoms with van der Waals surface area (Å²) in [7, 11) is 0. The molecular weight excluding hydrogens is 260 g/mol. The number of allylic oxidation sites excluding steroid dienone is 1. The van der Waals surface area contributed by atoms with Gasteiger partial charge in [-0.1, -0.05) is 36.4 Å². The molecule has 0 amide bonds. The second-order valence-corrected chi connectivity index (χ2v) is 5.48. The Labute approximate surface area is 122 Å². The minimum atomic E-state index is -0.864. The Morgan fingerprint density at radius 3 is 2.43 bits per heavy atom. The molecule has 0 heterocycles. The summed E-state index contributed by atoms with van der Waals surface area (Å²) < 4.78 is 0. The van der Waals surface area contributed by atoms with Gasteiger partial charge in [-0.3, -0.25) is 0 Å². The summed E-state index contributed by atoms with van der Waals surface area (Å²) in [6, 6.07) is 14.1. The monoisotopic (exact) mass is 274 g/mol. The Morgan fingerprint density at radius 2 is 1.71 bits per heavy atom. The Morgan fingerprint density at radius 1 is 1.00 bits per heavy atom. The van der Waals surface area contributed by atoms with E-state index >= 15 is 0 Å². The van der Waals surface area contributed by atoms with Gasteiger partial charge >= 0.3 is 5.97 Å². The van der Waals surface area contributed by atoms with Crippen LogP contribution in [0.5, 0.6) is 0 Å². The lowest BCUT2D eigenvalue weighted by Crippen LogP contribution is -2.03. The molecule has 0 aliphatic heterocycles. The van der Waals surface area contributed by atoms with Crippen LogP contribution in [0.1, 0.15) is 27.9 Å². The number of aryl methyl sites for hydroxylation is 1. The molecule has 0 saturated carbocycles. The summed E-state index contributed by atoms with van der Waals surface area (Å²) in [5, 5.41) is 13.7. The maximum atomic E-state index is 11.6. The molecule has 2 heteroatoms. The average molecular weight is 274 g/mol. The molecule has 2 nitrogen and oxygen atoms in total. The predicted molar refractivity (Wildman–Crippen MR) is 85.8 cm³/mol. The Bertz CT molecular complexity index is 920. The summed E-state index contributed by atoms with van der Waals surface area (Å²) in [6.45, 7) is 0. The molecule has 0 atom stereocenters. The smallest absolute Gasteiger partial charge is 0.336 e. The standard InChI is InChI=1S/C19H14O2/c20-19(21)18-11-14-7-3-4-8-15(14)16-9-12-5-1-2-6-13(12)10-17(16)18/h1-3,5-7,9-11H,4,8H2,(H,20,21). The molecule has 0 saturated heterocycles. The van der Waals surface area contributed by atoms with Crippen molar-refractivity contribution >= 4 is 33.6 Å². The maximum absolute atomic E-state index is 11.6. The van der Waals surface area contributed by atoms with Crippen LogP contribution in [0, 0.1) is 0 Å². The van der Waals surface area contributed by atoms with Gasteiger partial charge in [-0.25, -0.2) is 4.79 Å². The first kappa shape index (κ1) is 12.2. The number of fused-ring (bicyclic) bond motifs is 4. The molecule has 0 fully saturated rings. The van der Waals surface area contributed by atoms with Crippen LogP contribution in [0.4, 0.5) is 0 Å². The van der Waals surface area contributed by atoms with Gasteiger partial charge in [0.15, 0.2) is 0 Å². The minimum absolute atomic E-state index is 0.390. The predicted octanol–water partition coefficient (Wildman–Crippen LogP) is 4.65. The maximum Gasteiger partial charge on any atom is 0.336 e. The van der Waals surface area contributed by atoms with Crippen LogP contribution < -0.4 is 0 Å². The quantitative estimate of drug-likeness (QED) is 0.656. The van der Waals surface area contributed by atoms with Gasteiger partial charge in [-0.05, 0) is 63.7 Å². The van der Waals surface area contributed by atoms with Crippen molar-refractivity contribution in [2.24, 2.45) is 0 Å². The van der Waals surface area contributed by atoms with Crippen molar-refractivity contribution in [2.75, 3.05) is 0 Å². The Hall–Kier alpha value is -2.61. The van der Waals surface area contributed by atoms with Gasteiger partial charge in [0.1, 0.15) is 0 Å². The molecule has 0 aromatic heterocycles. The lowest BCUT2D eigenvalue weighted by molar-refractivity contribution is 0.0699. The molecule has 21 heavy (non-hydrogen) atoms. The molecule has 0 radical (unpaired) electrons. The lowest BCUT2D eigenvalue weighted by atomic mass is 9.88. The Balaban J connectivity index is 2.20. The van der Waals surface area contributed by atoms with Crippen molar-refractivity contribution < 1.29 is 9.90 Å². The van der Waals surface area contributed by atoms with E-state index in [1.54, 1.807) is 0 Å². The normalized spacial score (nSPS) is 13.5. The van der Waals surface area contributed by atoms with Crippen molar-refractivity contribution in [3.63, 3.8) is 0 Å². The third-order valence-electron chi connectivity index (χ3n) is 4.24. The topological polar surface area (TPSA) is 37.3 Å². The van der Waals surface area contributed by atoms with E-state index in [9.17, 15) is 9.90 Å². The number of hydrogen-bond donors (Lipinski definition) is 1. The van der Waals surface area contributed by atoms with E-state index in [-0.39, 0.29) is 0 Å². The fourth-order valence-electron chi connectivity index (χ4n) is 3.23. The largest absolute Gasteiger partial charge is 0.478 e. The van der Waals surface area contributed by atoms with Gasteiger partial charge in [-0.2, -0.15) is 0 Å². The molecule has 1 aliphatic rings. The van der Waals surface area contributed by atoms with E-state index in [1.165, 1.54) is 5.56 Å². The van der Waals surface area contributed by atoms with E-state index in [1.807, 2.05) is 36.4 Å². The molecular formula is C19H14O2. The zero-order chi connectivity index (χ0) is 14.4. The van der Waals surface area contributed by atoms with Crippen LogP contribution in [0.2, 0.25) is 0 Å². The fraction of sp³-hybridized carbons (Fsp3) is 0.105. The number of aromatic carboxylic acids is 1. The number of benzene rings is 3. The summed E-state index contributed by atoms with van der Waals surface area (Å²) >= 11 is 0. The minimum Gasteiger partial charge on any atom is -0.478 e. The zero-order valence-electron chi connectivity index (χ0n) is 11.5. The van der Waals surface area contributed by atoms with Gasteiger partial charge in [0.05, 0.1) is 5.56 Å². The van der Waals surface area contributed by atoms with Gasteiger partial charge < -0.3 is 5.11 Å². The first-order valence-electron chi connectivity index (χ1n) is 7.12. The molecule has 0 spiro atoms. The first-order chi connectivity index (χ1) is 10.2. The summed E-state index contributed by atoms with van der Waals surface area (Å²) in [6.07, 6.45) is 6.14. The van der Waals surface area contributed by atoms with Crippen molar-refractivity contribution in [1.29, 1.82) is 0 Å². The SMILES string of the molecule is O=C(O)c1cc2c(c3cc4ccccc4cc13)CCC=C2. The molecule has 3 aromatic rings. The number of carboxylic acid groups (broad SMARTS) is 1. The van der Waals surface area contributed by atoms with Gasteiger partial charge in [0.25, 0.3) is 0 Å². The van der Waals surface area contributed by atoms with Crippen LogP contribution in [0.25, 0.3) is 27.6 Å². The second kappa shape index (κ2) is 4.45. The molecule has 0 unspecified atom stereocenters. The van der Waals surface area contributed by atoms with E-state index in [0.29, 0.717) is 5.56 Å². The van der Waals surface area contributed by atoms with Crippen molar-refractivity contribution in [1.82, 2.24) is 0 Å². The van der Waals surface area contributed by atoms with Gasteiger partial charge in [0, 0.05) is 0 Å². The summed E-state index contributed by atoms with van der Waals surface area (Å²) in [4.78, 5) is 11.6. The van der Waals surface area contributed by atoms with E-state index in [0.717, 1.165) is 39.9 Å². The van der Waals surface area contributed by atoms with Crippen LogP contribution >= 0.6 is 0 Å². The number of carboxylic acids is 1. The van der Waals surface area contributed by atoms with Crippen LogP contribution in [-0.4, -0.2) is 11.1 Å². The van der Waals surface area contributed by atoms with Crippen molar-refractivity contribution in [2.45, 2.75) is 12.8 Å². The highest BCUT2D eigenvalue weighted by Gasteiger charge is 2.17. The highest BCUT2D eigenvalue weighted by Crippen LogP contribution is 2.33. The highest BCUT2D eigenvalue weighted by atomic mass is 16.4. The first-order valence-corrected chi connectivity index (χ1v) is 7.12. The molecule has 102 valence electrons. The van der Waals surface area contributed by atoms with E-state index < -0.39 is 5.97 Å². The van der Waals surface area contributed by atoms with Crippen LogP contribution in [0.3, 0.4) is 0 Å². The molecule has 1 N–H and O–H groups in total. The van der Waals surface area contributed by atoms with E-state index in [4.69, 9.17) is 0 Å². The zero-order valence-corrected chi connectivity index (χ0v) is 11.5. The fourth-order valence-corrected chi connectivity index (χ4v) is 3.23. The third-order valence-corrected chi connectivity index (χ3v) is 4.24. The number of carbonyl (C=O) groups is 1. The van der Waals surface area contributed by atoms with Crippen LogP contribution in [0.15, 0.2) is 48.5 Å². The molecule has 4 rings (SSSR count). The van der Waals surface area contributed by atoms with Gasteiger partial charge in [-0.15, -0.1) is 0 Å². The molecule has 0 bridgehead atoms. The summed E-state index contributed by atoms with van der Waals surface area (Å²) in [5.74, 6) is -0.864. The number of rotatable bonds is 1. The van der Waals surface area contributed by atoms with E-state index in [2.05, 4.69) is 18.2 Å². The Kier molecular flexibility index (Phi) is 2.58. The second-order valence-electron chi connectivity index (χ2n) is 5.48.